The van der Waals surface area contributed by atoms with Gasteiger partial charge in [0.1, 0.15) is 11.6 Å². The fourth-order valence-corrected chi connectivity index (χ4v) is 2.90. The van der Waals surface area contributed by atoms with Gasteiger partial charge in [0.25, 0.3) is 0 Å². The summed E-state index contributed by atoms with van der Waals surface area (Å²) in [5.41, 5.74) is 0.565. The molecule has 0 bridgehead atoms. The Hall–Kier alpha value is -0.330. The van der Waals surface area contributed by atoms with Crippen LogP contribution in [0.1, 0.15) is 11.1 Å². The normalized spacial score (nSPS) is 11.6. The zero-order valence-electron chi connectivity index (χ0n) is 8.55. The van der Waals surface area contributed by atoms with Crippen LogP contribution in [0.15, 0.2) is 10.5 Å². The second-order valence-corrected chi connectivity index (χ2v) is 6.82. The van der Waals surface area contributed by atoms with Crippen LogP contribution in [-0.4, -0.2) is 15.5 Å². The van der Waals surface area contributed by atoms with E-state index in [-0.39, 0.29) is 15.8 Å². The van der Waals surface area contributed by atoms with Gasteiger partial charge in [-0.2, -0.15) is 0 Å². The summed E-state index contributed by atoms with van der Waals surface area (Å²) in [4.78, 5) is 0. The summed E-state index contributed by atoms with van der Waals surface area (Å²) in [6, 6.07) is 1.51. The molecule has 1 aromatic carbocycles. The summed E-state index contributed by atoms with van der Waals surface area (Å²) in [6.07, 6.45) is 0. The van der Waals surface area contributed by atoms with Crippen LogP contribution in [0.5, 0.6) is 5.75 Å². The summed E-state index contributed by atoms with van der Waals surface area (Å²) >= 11 is 3.00. The molecule has 1 aromatic rings. The van der Waals surface area contributed by atoms with Gasteiger partial charge in [-0.15, -0.1) is 0 Å². The lowest BCUT2D eigenvalue weighted by atomic mass is 10.1. The Kier molecular flexibility index (Phi) is 4.20. The van der Waals surface area contributed by atoms with Gasteiger partial charge in [-0.1, -0.05) is 0 Å². The number of hydrogen-bond acceptors (Lipinski definition) is 3. The first kappa shape index (κ1) is 13.7. The van der Waals surface area contributed by atoms with Gasteiger partial charge < -0.3 is 4.74 Å². The van der Waals surface area contributed by atoms with E-state index >= 15 is 0 Å². The lowest BCUT2D eigenvalue weighted by Gasteiger charge is -2.12. The van der Waals surface area contributed by atoms with Crippen LogP contribution >= 0.6 is 26.6 Å². The minimum Gasteiger partial charge on any atom is -0.496 e. The highest BCUT2D eigenvalue weighted by atomic mass is 79.9. The third-order valence-corrected chi connectivity index (χ3v) is 3.51. The van der Waals surface area contributed by atoms with Crippen molar-refractivity contribution >= 4 is 35.7 Å². The summed E-state index contributed by atoms with van der Waals surface area (Å²) in [7, 11) is 2.62. The zero-order valence-corrected chi connectivity index (χ0v) is 11.7. The molecule has 0 amide bonds. The SMILES string of the molecule is COc1c(C)cc(Br)c(F)c1CS(=O)(=O)Cl. The molecular weight excluding hydrogens is 323 g/mol. The van der Waals surface area contributed by atoms with Gasteiger partial charge in [0, 0.05) is 16.2 Å². The molecule has 0 N–H and O–H groups in total. The van der Waals surface area contributed by atoms with Crippen molar-refractivity contribution in [3.05, 3.63) is 27.5 Å². The van der Waals surface area contributed by atoms with Crippen LogP contribution in [-0.2, 0) is 14.8 Å². The first-order chi connectivity index (χ1) is 7.26. The highest BCUT2D eigenvalue weighted by Gasteiger charge is 2.20. The second-order valence-electron chi connectivity index (χ2n) is 3.18. The lowest BCUT2D eigenvalue weighted by Crippen LogP contribution is -2.04. The van der Waals surface area contributed by atoms with Gasteiger partial charge in [-0.3, -0.25) is 0 Å². The van der Waals surface area contributed by atoms with Gasteiger partial charge in [0.2, 0.25) is 9.05 Å². The number of rotatable bonds is 3. The molecule has 0 fully saturated rings. The van der Waals surface area contributed by atoms with E-state index in [9.17, 15) is 12.8 Å². The van der Waals surface area contributed by atoms with E-state index in [1.807, 2.05) is 0 Å². The van der Waals surface area contributed by atoms with E-state index < -0.39 is 20.6 Å². The van der Waals surface area contributed by atoms with Gasteiger partial charge in [0.15, 0.2) is 0 Å². The summed E-state index contributed by atoms with van der Waals surface area (Å²) in [5, 5.41) is 0. The van der Waals surface area contributed by atoms with Gasteiger partial charge in [-0.05, 0) is 34.5 Å². The van der Waals surface area contributed by atoms with Crippen LogP contribution in [0.25, 0.3) is 0 Å². The summed E-state index contributed by atoms with van der Waals surface area (Å²) in [6.45, 7) is 1.69. The van der Waals surface area contributed by atoms with E-state index in [4.69, 9.17) is 15.4 Å². The molecule has 0 spiro atoms. The predicted molar refractivity (Wildman–Crippen MR) is 63.9 cm³/mol. The van der Waals surface area contributed by atoms with Crippen molar-refractivity contribution in [3.63, 3.8) is 0 Å². The highest BCUT2D eigenvalue weighted by Crippen LogP contribution is 2.33. The molecule has 0 aliphatic carbocycles. The van der Waals surface area contributed by atoms with Gasteiger partial charge in [-0.25, -0.2) is 12.8 Å². The third-order valence-electron chi connectivity index (χ3n) is 1.97. The van der Waals surface area contributed by atoms with Crippen molar-refractivity contribution in [1.82, 2.24) is 0 Å². The lowest BCUT2D eigenvalue weighted by molar-refractivity contribution is 0.402. The maximum atomic E-state index is 13.7. The van der Waals surface area contributed by atoms with Crippen molar-refractivity contribution in [2.45, 2.75) is 12.7 Å². The Labute approximate surface area is 106 Å². The Balaban J connectivity index is 3.45. The highest BCUT2D eigenvalue weighted by molar-refractivity contribution is 9.10. The Morgan fingerprint density at radius 1 is 1.56 bits per heavy atom. The molecule has 0 unspecified atom stereocenters. The monoisotopic (exact) mass is 330 g/mol. The molecule has 0 aliphatic rings. The molecule has 0 saturated heterocycles. The molecule has 7 heteroatoms. The summed E-state index contributed by atoms with van der Waals surface area (Å²) < 4.78 is 40.8. The smallest absolute Gasteiger partial charge is 0.237 e. The van der Waals surface area contributed by atoms with E-state index in [0.717, 1.165) is 0 Å². The van der Waals surface area contributed by atoms with Crippen molar-refractivity contribution < 1.29 is 17.5 Å². The quantitative estimate of drug-likeness (QED) is 0.800. The van der Waals surface area contributed by atoms with Crippen molar-refractivity contribution in [3.8, 4) is 5.75 Å². The molecule has 3 nitrogen and oxygen atoms in total. The fourth-order valence-electron chi connectivity index (χ4n) is 1.39. The Bertz CT molecular complexity index is 516. The van der Waals surface area contributed by atoms with Crippen LogP contribution < -0.4 is 4.74 Å². The van der Waals surface area contributed by atoms with Crippen molar-refractivity contribution in [2.24, 2.45) is 0 Å². The van der Waals surface area contributed by atoms with E-state index in [0.29, 0.717) is 5.56 Å². The van der Waals surface area contributed by atoms with Crippen molar-refractivity contribution in [1.29, 1.82) is 0 Å². The number of halogens is 3. The van der Waals surface area contributed by atoms with E-state index in [2.05, 4.69) is 15.9 Å². The molecule has 0 radical (unpaired) electrons. The third kappa shape index (κ3) is 3.09. The number of benzene rings is 1. The Morgan fingerprint density at radius 3 is 2.56 bits per heavy atom. The molecule has 0 aliphatic heterocycles. The number of aryl methyl sites for hydroxylation is 1. The molecule has 16 heavy (non-hydrogen) atoms. The maximum absolute atomic E-state index is 13.7. The zero-order chi connectivity index (χ0) is 12.5. The Morgan fingerprint density at radius 2 is 2.12 bits per heavy atom. The van der Waals surface area contributed by atoms with Crippen LogP contribution in [0.4, 0.5) is 4.39 Å². The molecule has 1 rings (SSSR count). The summed E-state index contributed by atoms with van der Waals surface area (Å²) in [5.74, 6) is -1.08. The predicted octanol–water partition coefficient (Wildman–Crippen LogP) is 2.97. The molecule has 0 saturated carbocycles. The van der Waals surface area contributed by atoms with Gasteiger partial charge in [0.05, 0.1) is 17.3 Å². The molecular formula is C9H9BrClFO3S. The molecule has 0 aromatic heterocycles. The first-order valence-electron chi connectivity index (χ1n) is 4.20. The number of ether oxygens (including phenoxy) is 1. The van der Waals surface area contributed by atoms with Gasteiger partial charge >= 0.3 is 0 Å². The number of methoxy groups -OCH3 is 1. The average Bonchev–Trinajstić information content (AvgIpc) is 2.12. The average molecular weight is 332 g/mol. The molecule has 0 atom stereocenters. The largest absolute Gasteiger partial charge is 0.496 e. The van der Waals surface area contributed by atoms with E-state index in [1.54, 1.807) is 6.92 Å². The second kappa shape index (κ2) is 4.89. The van der Waals surface area contributed by atoms with Crippen LogP contribution in [0, 0.1) is 12.7 Å². The maximum Gasteiger partial charge on any atom is 0.237 e. The van der Waals surface area contributed by atoms with E-state index in [1.165, 1.54) is 13.2 Å². The minimum atomic E-state index is -3.83. The molecule has 90 valence electrons. The first-order valence-corrected chi connectivity index (χ1v) is 7.47. The number of hydrogen-bond donors (Lipinski definition) is 0. The fraction of sp³-hybridized carbons (Fsp3) is 0.333. The van der Waals surface area contributed by atoms with Crippen LogP contribution in [0.3, 0.4) is 0 Å². The topological polar surface area (TPSA) is 43.4 Å². The molecule has 0 heterocycles. The van der Waals surface area contributed by atoms with Crippen molar-refractivity contribution in [2.75, 3.05) is 7.11 Å². The van der Waals surface area contributed by atoms with Crippen LogP contribution in [0.2, 0.25) is 0 Å². The minimum absolute atomic E-state index is 0.0654. The standard InChI is InChI=1S/C9H9BrClFO3S/c1-5-3-7(10)8(12)6(9(5)15-2)4-16(11,13)14/h3H,4H2,1-2H3.